The van der Waals surface area contributed by atoms with Crippen molar-refractivity contribution in [3.8, 4) is 0 Å². The van der Waals surface area contributed by atoms with Gasteiger partial charge < -0.3 is 0 Å². The van der Waals surface area contributed by atoms with Crippen molar-refractivity contribution in [1.82, 2.24) is 14.9 Å². The minimum Gasteiger partial charge on any atom is -0.291 e. The van der Waals surface area contributed by atoms with Crippen molar-refractivity contribution < 1.29 is 4.39 Å². The molecule has 0 aliphatic rings. The van der Waals surface area contributed by atoms with Crippen molar-refractivity contribution in [3.63, 3.8) is 0 Å². The smallest absolute Gasteiger partial charge is 0.139 e. The first-order valence-corrected chi connectivity index (χ1v) is 8.07. The number of rotatable bonds is 5. The minimum atomic E-state index is -0.273. The van der Waals surface area contributed by atoms with E-state index in [-0.39, 0.29) is 11.9 Å². The van der Waals surface area contributed by atoms with Crippen LogP contribution in [0.1, 0.15) is 17.2 Å². The highest BCUT2D eigenvalue weighted by molar-refractivity contribution is 6.35. The van der Waals surface area contributed by atoms with E-state index in [0.717, 1.165) is 11.1 Å². The van der Waals surface area contributed by atoms with Crippen LogP contribution in [0.2, 0.25) is 10.0 Å². The first-order chi connectivity index (χ1) is 11.5. The molecule has 7 heteroatoms. The molecule has 1 heterocycles. The van der Waals surface area contributed by atoms with Crippen LogP contribution in [0.3, 0.4) is 0 Å². The summed E-state index contributed by atoms with van der Waals surface area (Å²) < 4.78 is 13.3. The van der Waals surface area contributed by atoms with Gasteiger partial charge >= 0.3 is 0 Å². The zero-order chi connectivity index (χ0) is 17.1. The van der Waals surface area contributed by atoms with Gasteiger partial charge in [0.15, 0.2) is 0 Å². The van der Waals surface area contributed by atoms with Crippen LogP contribution in [0.5, 0.6) is 0 Å². The normalized spacial score (nSPS) is 12.2. The zero-order valence-electron chi connectivity index (χ0n) is 12.9. The molecular formula is C17H15Cl2FN4. The molecule has 1 atom stereocenters. The lowest BCUT2D eigenvalue weighted by Crippen LogP contribution is -2.36. The number of aromatic nitrogens is 3. The molecule has 3 rings (SSSR count). The SMILES string of the molecule is CN(C(Cc1ccc(Cl)cc1Cl)c1ccc(F)cc1)n1cncn1. The monoisotopic (exact) mass is 364 g/mol. The van der Waals surface area contributed by atoms with Crippen LogP contribution in [-0.4, -0.2) is 21.9 Å². The molecule has 4 nitrogen and oxygen atoms in total. The van der Waals surface area contributed by atoms with E-state index in [1.54, 1.807) is 35.4 Å². The summed E-state index contributed by atoms with van der Waals surface area (Å²) in [7, 11) is 1.90. The lowest BCUT2D eigenvalue weighted by Gasteiger charge is -2.30. The molecule has 0 fully saturated rings. The number of halogens is 3. The summed E-state index contributed by atoms with van der Waals surface area (Å²) >= 11 is 12.3. The van der Waals surface area contributed by atoms with Crippen LogP contribution in [0.15, 0.2) is 55.1 Å². The highest BCUT2D eigenvalue weighted by Gasteiger charge is 2.20. The topological polar surface area (TPSA) is 34.0 Å². The van der Waals surface area contributed by atoms with E-state index >= 15 is 0 Å². The number of hydrogen-bond acceptors (Lipinski definition) is 3. The molecule has 1 aromatic heterocycles. The summed E-state index contributed by atoms with van der Waals surface area (Å²) in [5.41, 5.74) is 1.89. The molecule has 3 aromatic rings. The van der Waals surface area contributed by atoms with Crippen molar-refractivity contribution in [2.45, 2.75) is 12.5 Å². The summed E-state index contributed by atoms with van der Waals surface area (Å²) in [4.78, 5) is 5.61. The first-order valence-electron chi connectivity index (χ1n) is 7.32. The molecule has 0 bridgehead atoms. The highest BCUT2D eigenvalue weighted by atomic mass is 35.5. The van der Waals surface area contributed by atoms with Gasteiger partial charge in [0.05, 0.1) is 6.04 Å². The van der Waals surface area contributed by atoms with Crippen LogP contribution < -0.4 is 5.01 Å². The zero-order valence-corrected chi connectivity index (χ0v) is 14.4. The molecule has 0 N–H and O–H groups in total. The minimum absolute atomic E-state index is 0.106. The Balaban J connectivity index is 1.96. The lowest BCUT2D eigenvalue weighted by atomic mass is 9.98. The van der Waals surface area contributed by atoms with Gasteiger partial charge in [0.1, 0.15) is 18.5 Å². The molecule has 0 radical (unpaired) electrons. The maximum atomic E-state index is 13.3. The second kappa shape index (κ2) is 7.20. The molecule has 1 unspecified atom stereocenters. The molecule has 2 aromatic carbocycles. The fourth-order valence-electron chi connectivity index (χ4n) is 2.55. The maximum absolute atomic E-state index is 13.3. The van der Waals surface area contributed by atoms with Crippen LogP contribution in [-0.2, 0) is 6.42 Å². The van der Waals surface area contributed by atoms with Crippen LogP contribution in [0, 0.1) is 5.82 Å². The third-order valence-corrected chi connectivity index (χ3v) is 4.45. The molecule has 0 saturated heterocycles. The number of hydrogen-bond donors (Lipinski definition) is 0. The molecule has 0 aliphatic carbocycles. The first kappa shape index (κ1) is 16.7. The summed E-state index contributed by atoms with van der Waals surface area (Å²) in [5, 5.41) is 7.27. The van der Waals surface area contributed by atoms with Crippen LogP contribution in [0.25, 0.3) is 0 Å². The van der Waals surface area contributed by atoms with Gasteiger partial charge in [-0.25, -0.2) is 9.37 Å². The van der Waals surface area contributed by atoms with Crippen LogP contribution in [0.4, 0.5) is 4.39 Å². The molecule has 0 amide bonds. The Kier molecular flexibility index (Phi) is 5.02. The lowest BCUT2D eigenvalue weighted by molar-refractivity contribution is 0.483. The van der Waals surface area contributed by atoms with Gasteiger partial charge in [0.2, 0.25) is 0 Å². The van der Waals surface area contributed by atoms with Gasteiger partial charge in [0, 0.05) is 23.5 Å². The van der Waals surface area contributed by atoms with Crippen molar-refractivity contribution >= 4 is 23.2 Å². The van der Waals surface area contributed by atoms with Crippen molar-refractivity contribution in [3.05, 3.63) is 82.1 Å². The standard InChI is InChI=1S/C17H15Cl2FN4/c1-23(24-11-21-10-22-24)17(12-3-6-15(20)7-4-12)8-13-2-5-14(18)9-16(13)19/h2-7,9-11,17H,8H2,1H3. The fourth-order valence-corrected chi connectivity index (χ4v) is 3.04. The van der Waals surface area contributed by atoms with E-state index in [2.05, 4.69) is 10.1 Å². The number of benzene rings is 2. The predicted octanol–water partition coefficient (Wildman–Crippen LogP) is 4.28. The Morgan fingerprint density at radius 1 is 1.17 bits per heavy atom. The summed E-state index contributed by atoms with van der Waals surface area (Å²) in [6.07, 6.45) is 3.69. The summed E-state index contributed by atoms with van der Waals surface area (Å²) in [6, 6.07) is 11.7. The third kappa shape index (κ3) is 3.68. The molecular weight excluding hydrogens is 350 g/mol. The predicted molar refractivity (Wildman–Crippen MR) is 93.5 cm³/mol. The van der Waals surface area contributed by atoms with E-state index in [1.807, 2.05) is 18.1 Å². The Morgan fingerprint density at radius 3 is 2.54 bits per heavy atom. The third-order valence-electron chi connectivity index (χ3n) is 3.86. The summed E-state index contributed by atoms with van der Waals surface area (Å²) in [6.45, 7) is 0. The Morgan fingerprint density at radius 2 is 1.92 bits per heavy atom. The van der Waals surface area contributed by atoms with Crippen molar-refractivity contribution in [2.24, 2.45) is 0 Å². The second-order valence-electron chi connectivity index (χ2n) is 5.40. The average Bonchev–Trinajstić information content (AvgIpc) is 3.09. The molecule has 124 valence electrons. The van der Waals surface area contributed by atoms with E-state index < -0.39 is 0 Å². The van der Waals surface area contributed by atoms with E-state index in [9.17, 15) is 4.39 Å². The van der Waals surface area contributed by atoms with Gasteiger partial charge in [-0.2, -0.15) is 4.79 Å². The Labute approximate surface area is 149 Å². The fraction of sp³-hybridized carbons (Fsp3) is 0.176. The molecule has 0 aliphatic heterocycles. The van der Waals surface area contributed by atoms with Gasteiger partial charge in [-0.05, 0) is 35.4 Å². The second-order valence-corrected chi connectivity index (χ2v) is 6.24. The van der Waals surface area contributed by atoms with Gasteiger partial charge in [0.25, 0.3) is 0 Å². The quantitative estimate of drug-likeness (QED) is 0.677. The van der Waals surface area contributed by atoms with Gasteiger partial charge in [-0.3, -0.25) is 5.01 Å². The Hall–Kier alpha value is -2.11. The number of likely N-dealkylation sites (N-methyl/N-ethyl adjacent to an activating group) is 1. The van der Waals surface area contributed by atoms with Gasteiger partial charge in [-0.1, -0.05) is 41.4 Å². The van der Waals surface area contributed by atoms with E-state index in [4.69, 9.17) is 23.2 Å². The van der Waals surface area contributed by atoms with Gasteiger partial charge in [-0.15, -0.1) is 5.10 Å². The number of nitrogens with zero attached hydrogens (tertiary/aromatic N) is 4. The Bertz CT molecular complexity index is 806. The molecule has 0 saturated carbocycles. The molecule has 24 heavy (non-hydrogen) atoms. The maximum Gasteiger partial charge on any atom is 0.139 e. The largest absolute Gasteiger partial charge is 0.291 e. The van der Waals surface area contributed by atoms with Crippen molar-refractivity contribution in [2.75, 3.05) is 12.1 Å². The van der Waals surface area contributed by atoms with Crippen molar-refractivity contribution in [1.29, 1.82) is 0 Å². The van der Waals surface area contributed by atoms with E-state index in [0.29, 0.717) is 16.5 Å². The molecule has 0 spiro atoms. The summed E-state index contributed by atoms with van der Waals surface area (Å²) in [5.74, 6) is -0.273. The van der Waals surface area contributed by atoms with E-state index in [1.165, 1.54) is 18.5 Å². The van der Waals surface area contributed by atoms with Crippen LogP contribution >= 0.6 is 23.2 Å². The average molecular weight is 365 g/mol. The highest BCUT2D eigenvalue weighted by Crippen LogP contribution is 2.28.